The maximum atomic E-state index is 11.8. The molecule has 0 bridgehead atoms. The molecule has 1 saturated carbocycles. The van der Waals surface area contributed by atoms with Crippen LogP contribution in [0.2, 0.25) is 0 Å². The fourth-order valence-electron chi connectivity index (χ4n) is 2.08. The van der Waals surface area contributed by atoms with Gasteiger partial charge in [-0.15, -0.1) is 0 Å². The summed E-state index contributed by atoms with van der Waals surface area (Å²) in [4.78, 5) is 11.8. The summed E-state index contributed by atoms with van der Waals surface area (Å²) in [6, 6.07) is 0. The second-order valence-corrected chi connectivity index (χ2v) is 5.24. The van der Waals surface area contributed by atoms with Gasteiger partial charge in [0.25, 0.3) is 0 Å². The highest BCUT2D eigenvalue weighted by Gasteiger charge is 2.16. The van der Waals surface area contributed by atoms with E-state index in [0.29, 0.717) is 11.0 Å². The molecule has 1 atom stereocenters. The first-order valence-electron chi connectivity index (χ1n) is 5.90. The molecule has 0 saturated heterocycles. The van der Waals surface area contributed by atoms with Gasteiger partial charge in [0.15, 0.2) is 0 Å². The van der Waals surface area contributed by atoms with Crippen molar-refractivity contribution >= 4 is 17.5 Å². The number of rotatable bonds is 1. The van der Waals surface area contributed by atoms with Gasteiger partial charge in [-0.3, -0.25) is 4.79 Å². The van der Waals surface area contributed by atoms with Gasteiger partial charge in [0, 0.05) is 6.42 Å². The van der Waals surface area contributed by atoms with E-state index >= 15 is 0 Å². The molecule has 2 heteroatoms. The van der Waals surface area contributed by atoms with Crippen molar-refractivity contribution in [3.05, 3.63) is 0 Å². The van der Waals surface area contributed by atoms with Crippen LogP contribution in [0.25, 0.3) is 0 Å². The third-order valence-corrected chi connectivity index (χ3v) is 4.10. The molecule has 82 valence electrons. The van der Waals surface area contributed by atoms with E-state index in [0.717, 1.165) is 19.3 Å². The van der Waals surface area contributed by atoms with Crippen LogP contribution < -0.4 is 0 Å². The lowest BCUT2D eigenvalue weighted by molar-refractivity contribution is -0.118. The fraction of sp³-hybridized carbons (Fsp3) is 0.917. The standard InChI is InChI=1S/C12H22OS/c1-14-12-10-8-6-4-2-3-5-7-9-11(12)13/h12H,2-10H2,1H3. The maximum absolute atomic E-state index is 11.8. The number of ketones is 1. The predicted molar refractivity (Wildman–Crippen MR) is 63.9 cm³/mol. The second kappa shape index (κ2) is 7.33. The van der Waals surface area contributed by atoms with Crippen molar-refractivity contribution in [1.82, 2.24) is 0 Å². The average molecular weight is 214 g/mol. The normalized spacial score (nSPS) is 26.9. The van der Waals surface area contributed by atoms with Crippen LogP contribution in [-0.4, -0.2) is 17.3 Å². The molecule has 0 spiro atoms. The number of Topliss-reactive ketones (excluding diaryl/α,β-unsaturated/α-hetero) is 1. The molecule has 0 aliphatic heterocycles. The summed E-state index contributed by atoms with van der Waals surface area (Å²) in [6.45, 7) is 0. The van der Waals surface area contributed by atoms with Crippen molar-refractivity contribution in [2.24, 2.45) is 0 Å². The Bertz CT molecular complexity index is 168. The topological polar surface area (TPSA) is 17.1 Å². The summed E-state index contributed by atoms with van der Waals surface area (Å²) >= 11 is 1.75. The van der Waals surface area contributed by atoms with Crippen molar-refractivity contribution in [3.63, 3.8) is 0 Å². The van der Waals surface area contributed by atoms with Crippen molar-refractivity contribution in [2.75, 3.05) is 6.26 Å². The van der Waals surface area contributed by atoms with E-state index in [-0.39, 0.29) is 0 Å². The highest BCUT2D eigenvalue weighted by Crippen LogP contribution is 2.21. The van der Waals surface area contributed by atoms with Gasteiger partial charge in [-0.2, -0.15) is 11.8 Å². The lowest BCUT2D eigenvalue weighted by Crippen LogP contribution is -2.16. The molecule has 1 unspecified atom stereocenters. The first-order chi connectivity index (χ1) is 6.84. The van der Waals surface area contributed by atoms with E-state index in [9.17, 15) is 4.79 Å². The molecule has 0 aromatic heterocycles. The summed E-state index contributed by atoms with van der Waals surface area (Å²) < 4.78 is 0. The van der Waals surface area contributed by atoms with Gasteiger partial charge in [-0.1, -0.05) is 38.5 Å². The molecule has 1 nitrogen and oxygen atoms in total. The zero-order valence-corrected chi connectivity index (χ0v) is 10.1. The largest absolute Gasteiger partial charge is 0.298 e. The van der Waals surface area contributed by atoms with Crippen LogP contribution in [0.15, 0.2) is 0 Å². The van der Waals surface area contributed by atoms with Crippen LogP contribution in [0.3, 0.4) is 0 Å². The minimum Gasteiger partial charge on any atom is -0.298 e. The van der Waals surface area contributed by atoms with Gasteiger partial charge in [0.05, 0.1) is 5.25 Å². The van der Waals surface area contributed by atoms with Crippen LogP contribution in [0.5, 0.6) is 0 Å². The van der Waals surface area contributed by atoms with E-state index < -0.39 is 0 Å². The fourth-order valence-corrected chi connectivity index (χ4v) is 2.87. The van der Waals surface area contributed by atoms with E-state index in [1.54, 1.807) is 11.8 Å². The monoisotopic (exact) mass is 214 g/mol. The minimum atomic E-state index is 0.299. The number of carbonyl (C=O) groups excluding carboxylic acids is 1. The van der Waals surface area contributed by atoms with Crippen molar-refractivity contribution in [2.45, 2.75) is 63.0 Å². The van der Waals surface area contributed by atoms with Gasteiger partial charge in [0.1, 0.15) is 5.78 Å². The molecule has 0 N–H and O–H groups in total. The van der Waals surface area contributed by atoms with E-state index in [2.05, 4.69) is 6.26 Å². The highest BCUT2D eigenvalue weighted by molar-refractivity contribution is 7.99. The average Bonchev–Trinajstić information content (AvgIpc) is 2.24. The van der Waals surface area contributed by atoms with Crippen LogP contribution in [-0.2, 0) is 4.79 Å². The highest BCUT2D eigenvalue weighted by atomic mass is 32.2. The van der Waals surface area contributed by atoms with E-state index in [1.807, 2.05) is 0 Å². The zero-order chi connectivity index (χ0) is 10.2. The third-order valence-electron chi connectivity index (χ3n) is 3.03. The summed E-state index contributed by atoms with van der Waals surface area (Å²) in [5.74, 6) is 0.499. The summed E-state index contributed by atoms with van der Waals surface area (Å²) in [6.07, 6.45) is 13.0. The second-order valence-electron chi connectivity index (χ2n) is 4.20. The smallest absolute Gasteiger partial charge is 0.145 e. The van der Waals surface area contributed by atoms with E-state index in [1.165, 1.54) is 38.5 Å². The third kappa shape index (κ3) is 4.50. The van der Waals surface area contributed by atoms with Crippen LogP contribution in [0.4, 0.5) is 0 Å². The molecular weight excluding hydrogens is 192 g/mol. The Labute approximate surface area is 92.0 Å². The Hall–Kier alpha value is 0.0200. The van der Waals surface area contributed by atoms with Gasteiger partial charge < -0.3 is 0 Å². The molecule has 0 aromatic carbocycles. The van der Waals surface area contributed by atoms with Gasteiger partial charge in [-0.05, 0) is 19.1 Å². The van der Waals surface area contributed by atoms with Crippen molar-refractivity contribution in [3.8, 4) is 0 Å². The molecule has 1 aliphatic carbocycles. The minimum absolute atomic E-state index is 0.299. The van der Waals surface area contributed by atoms with Gasteiger partial charge in [-0.25, -0.2) is 0 Å². The van der Waals surface area contributed by atoms with Gasteiger partial charge >= 0.3 is 0 Å². The molecule has 1 fully saturated rings. The van der Waals surface area contributed by atoms with Crippen LogP contribution in [0.1, 0.15) is 57.8 Å². The molecular formula is C12H22OS. The molecule has 1 rings (SSSR count). The molecule has 0 amide bonds. The number of carbonyl (C=O) groups is 1. The molecule has 0 radical (unpaired) electrons. The van der Waals surface area contributed by atoms with Crippen LogP contribution in [0, 0.1) is 0 Å². The lowest BCUT2D eigenvalue weighted by Gasteiger charge is -2.11. The Balaban J connectivity index is 2.37. The summed E-state index contributed by atoms with van der Waals surface area (Å²) in [7, 11) is 0. The number of hydrogen-bond acceptors (Lipinski definition) is 2. The summed E-state index contributed by atoms with van der Waals surface area (Å²) in [5, 5.41) is 0.299. The van der Waals surface area contributed by atoms with Crippen LogP contribution >= 0.6 is 11.8 Å². The van der Waals surface area contributed by atoms with E-state index in [4.69, 9.17) is 0 Å². The van der Waals surface area contributed by atoms with Gasteiger partial charge in [0.2, 0.25) is 0 Å². The molecule has 14 heavy (non-hydrogen) atoms. The Morgan fingerprint density at radius 2 is 1.57 bits per heavy atom. The maximum Gasteiger partial charge on any atom is 0.145 e. The predicted octanol–water partition coefficient (Wildman–Crippen LogP) is 3.81. The quantitative estimate of drug-likeness (QED) is 0.660. The van der Waals surface area contributed by atoms with Crippen molar-refractivity contribution in [1.29, 1.82) is 0 Å². The Morgan fingerprint density at radius 1 is 1.00 bits per heavy atom. The molecule has 1 aliphatic rings. The SMILES string of the molecule is CSC1CCCCCCCCCC1=O. The summed E-state index contributed by atoms with van der Waals surface area (Å²) in [5.41, 5.74) is 0. The Morgan fingerprint density at radius 3 is 2.21 bits per heavy atom. The first-order valence-corrected chi connectivity index (χ1v) is 7.19. The van der Waals surface area contributed by atoms with Crippen molar-refractivity contribution < 1.29 is 4.79 Å². The zero-order valence-electron chi connectivity index (χ0n) is 9.26. The Kier molecular flexibility index (Phi) is 6.33. The number of hydrogen-bond donors (Lipinski definition) is 0. The number of thioether (sulfide) groups is 1. The lowest BCUT2D eigenvalue weighted by atomic mass is 10.1. The first kappa shape index (κ1) is 12.1. The molecule has 0 aromatic rings. The molecule has 0 heterocycles.